The fourth-order valence-corrected chi connectivity index (χ4v) is 2.97. The fraction of sp³-hybridized carbons (Fsp3) is 0.500. The average Bonchev–Trinajstić information content (AvgIpc) is 3.17. The highest BCUT2D eigenvalue weighted by Crippen LogP contribution is 2.42. The molecule has 2 N–H and O–H groups in total. The van der Waals surface area contributed by atoms with Gasteiger partial charge in [0.25, 0.3) is 0 Å². The lowest BCUT2D eigenvalue weighted by Gasteiger charge is -2.37. The van der Waals surface area contributed by atoms with Crippen molar-refractivity contribution in [3.63, 3.8) is 0 Å². The van der Waals surface area contributed by atoms with Crippen LogP contribution in [-0.2, 0) is 9.59 Å². The maximum absolute atomic E-state index is 12.2. The van der Waals surface area contributed by atoms with Gasteiger partial charge in [-0.05, 0) is 26.3 Å². The average molecular weight is 289 g/mol. The van der Waals surface area contributed by atoms with Crippen LogP contribution in [0.1, 0.15) is 38.3 Å². The van der Waals surface area contributed by atoms with Gasteiger partial charge in [0.15, 0.2) is 0 Å². The van der Waals surface area contributed by atoms with Crippen molar-refractivity contribution in [2.45, 2.75) is 38.3 Å². The van der Waals surface area contributed by atoms with Gasteiger partial charge >= 0.3 is 5.97 Å². The Morgan fingerprint density at radius 2 is 2.00 bits per heavy atom. The lowest BCUT2D eigenvalue weighted by atomic mass is 9.89. The molecule has 0 aromatic heterocycles. The van der Waals surface area contributed by atoms with Crippen LogP contribution < -0.4 is 10.1 Å². The molecule has 1 aliphatic carbocycles. The summed E-state index contributed by atoms with van der Waals surface area (Å²) in [6, 6.07) is 7.52. The fourth-order valence-electron chi connectivity index (χ4n) is 2.97. The van der Waals surface area contributed by atoms with Crippen LogP contribution in [0.25, 0.3) is 0 Å². The summed E-state index contributed by atoms with van der Waals surface area (Å²) in [6.45, 7) is 3.97. The minimum absolute atomic E-state index is 0.132. The van der Waals surface area contributed by atoms with Crippen LogP contribution in [0.15, 0.2) is 24.3 Å². The molecule has 112 valence electrons. The number of rotatable bonds is 3. The summed E-state index contributed by atoms with van der Waals surface area (Å²) in [4.78, 5) is 23.1. The molecule has 3 rings (SSSR count). The maximum atomic E-state index is 12.2. The summed E-state index contributed by atoms with van der Waals surface area (Å²) < 4.78 is 5.92. The van der Waals surface area contributed by atoms with Gasteiger partial charge in [0.05, 0.1) is 17.9 Å². The maximum Gasteiger partial charge on any atom is 0.307 e. The summed E-state index contributed by atoms with van der Waals surface area (Å²) in [5.74, 6) is -1.18. The highest BCUT2D eigenvalue weighted by atomic mass is 16.5. The molecule has 5 nitrogen and oxygen atoms in total. The topological polar surface area (TPSA) is 75.6 Å². The molecule has 3 atom stereocenters. The highest BCUT2D eigenvalue weighted by molar-refractivity contribution is 5.89. The molecular formula is C16H19NO4. The number of amides is 1. The number of carbonyl (C=O) groups excluding carboxylic acids is 1. The number of aliphatic carboxylic acids is 1. The van der Waals surface area contributed by atoms with Gasteiger partial charge < -0.3 is 15.2 Å². The first-order valence-corrected chi connectivity index (χ1v) is 7.18. The Bertz CT molecular complexity index is 596. The smallest absolute Gasteiger partial charge is 0.307 e. The van der Waals surface area contributed by atoms with E-state index in [0.29, 0.717) is 12.8 Å². The summed E-state index contributed by atoms with van der Waals surface area (Å²) in [6.07, 6.45) is 1.11. The number of carbonyl (C=O) groups is 2. The Hall–Kier alpha value is -2.04. The molecule has 0 bridgehead atoms. The van der Waals surface area contributed by atoms with Crippen LogP contribution in [0.3, 0.4) is 0 Å². The molecule has 1 amide bonds. The molecule has 0 radical (unpaired) electrons. The van der Waals surface area contributed by atoms with E-state index in [0.717, 1.165) is 11.3 Å². The number of benzene rings is 1. The van der Waals surface area contributed by atoms with Crippen molar-refractivity contribution in [3.05, 3.63) is 29.8 Å². The Kier molecular flexibility index (Phi) is 3.15. The van der Waals surface area contributed by atoms with Crippen LogP contribution in [0, 0.1) is 11.8 Å². The van der Waals surface area contributed by atoms with Gasteiger partial charge in [-0.25, -0.2) is 0 Å². The Labute approximate surface area is 123 Å². The number of ether oxygens (including phenoxy) is 1. The number of hydrogen-bond acceptors (Lipinski definition) is 3. The number of nitrogens with one attached hydrogen (secondary N) is 1. The quantitative estimate of drug-likeness (QED) is 0.893. The van der Waals surface area contributed by atoms with Gasteiger partial charge in [0, 0.05) is 12.0 Å². The zero-order valence-electron chi connectivity index (χ0n) is 12.1. The third-order valence-corrected chi connectivity index (χ3v) is 4.14. The molecule has 0 saturated heterocycles. The number of hydrogen-bond donors (Lipinski definition) is 2. The first kappa shape index (κ1) is 13.9. The largest absolute Gasteiger partial charge is 0.487 e. The van der Waals surface area contributed by atoms with Crippen LogP contribution in [0.4, 0.5) is 0 Å². The van der Waals surface area contributed by atoms with Gasteiger partial charge in [-0.2, -0.15) is 0 Å². The summed E-state index contributed by atoms with van der Waals surface area (Å²) in [5.41, 5.74) is 0.597. The van der Waals surface area contributed by atoms with E-state index in [1.807, 2.05) is 38.1 Å². The molecule has 0 spiro atoms. The van der Waals surface area contributed by atoms with Gasteiger partial charge in [-0.15, -0.1) is 0 Å². The first-order valence-electron chi connectivity index (χ1n) is 7.18. The number of fused-ring (bicyclic) bond motifs is 1. The Morgan fingerprint density at radius 1 is 1.29 bits per heavy atom. The van der Waals surface area contributed by atoms with Crippen molar-refractivity contribution < 1.29 is 19.4 Å². The second-order valence-corrected chi connectivity index (χ2v) is 6.45. The number of para-hydroxylation sites is 1. The number of carboxylic acids is 1. The second kappa shape index (κ2) is 4.76. The van der Waals surface area contributed by atoms with Gasteiger partial charge in [-0.3, -0.25) is 9.59 Å². The molecule has 1 fully saturated rings. The lowest BCUT2D eigenvalue weighted by Crippen LogP contribution is -2.41. The zero-order chi connectivity index (χ0) is 15.2. The zero-order valence-corrected chi connectivity index (χ0v) is 12.1. The SMILES string of the molecule is CC1(C)CC(NC(=O)C2CC2C(=O)O)c2ccccc2O1. The van der Waals surface area contributed by atoms with Crippen LogP contribution in [0.2, 0.25) is 0 Å². The normalized spacial score (nSPS) is 29.0. The van der Waals surface area contributed by atoms with E-state index in [1.54, 1.807) is 0 Å². The van der Waals surface area contributed by atoms with E-state index < -0.39 is 11.9 Å². The first-order chi connectivity index (χ1) is 9.87. The Morgan fingerprint density at radius 3 is 2.67 bits per heavy atom. The molecule has 1 saturated carbocycles. The third kappa shape index (κ3) is 2.73. The third-order valence-electron chi connectivity index (χ3n) is 4.14. The van der Waals surface area contributed by atoms with Gasteiger partial charge in [-0.1, -0.05) is 18.2 Å². The van der Waals surface area contributed by atoms with Gasteiger partial charge in [0.1, 0.15) is 11.4 Å². The summed E-state index contributed by atoms with van der Waals surface area (Å²) >= 11 is 0. The Balaban J connectivity index is 1.76. The van der Waals surface area contributed by atoms with Gasteiger partial charge in [0.2, 0.25) is 5.91 Å². The van der Waals surface area contributed by atoms with Crippen molar-refractivity contribution in [3.8, 4) is 5.75 Å². The van der Waals surface area contributed by atoms with Crippen molar-refractivity contribution in [2.75, 3.05) is 0 Å². The van der Waals surface area contributed by atoms with Crippen molar-refractivity contribution in [1.29, 1.82) is 0 Å². The minimum atomic E-state index is -0.886. The molecule has 5 heteroatoms. The van der Waals surface area contributed by atoms with Crippen molar-refractivity contribution >= 4 is 11.9 Å². The van der Waals surface area contributed by atoms with Crippen molar-refractivity contribution in [1.82, 2.24) is 5.32 Å². The van der Waals surface area contributed by atoms with E-state index in [4.69, 9.17) is 9.84 Å². The van der Waals surface area contributed by atoms with Crippen LogP contribution in [-0.4, -0.2) is 22.6 Å². The molecular weight excluding hydrogens is 270 g/mol. The molecule has 1 aliphatic heterocycles. The van der Waals surface area contributed by atoms with Crippen LogP contribution in [0.5, 0.6) is 5.75 Å². The molecule has 2 aliphatic rings. The lowest BCUT2D eigenvalue weighted by molar-refractivity contribution is -0.140. The monoisotopic (exact) mass is 289 g/mol. The molecule has 1 aromatic rings. The summed E-state index contributed by atoms with van der Waals surface area (Å²) in [7, 11) is 0. The predicted molar refractivity (Wildman–Crippen MR) is 75.9 cm³/mol. The van der Waals surface area contributed by atoms with E-state index in [9.17, 15) is 9.59 Å². The number of carboxylic acid groups (broad SMARTS) is 1. The van der Waals surface area contributed by atoms with E-state index in [1.165, 1.54) is 0 Å². The molecule has 21 heavy (non-hydrogen) atoms. The van der Waals surface area contributed by atoms with Crippen molar-refractivity contribution in [2.24, 2.45) is 11.8 Å². The van der Waals surface area contributed by atoms with E-state index in [2.05, 4.69) is 5.32 Å². The summed E-state index contributed by atoms with van der Waals surface area (Å²) in [5, 5.41) is 11.9. The van der Waals surface area contributed by atoms with E-state index in [-0.39, 0.29) is 23.5 Å². The highest BCUT2D eigenvalue weighted by Gasteiger charge is 2.49. The standard InChI is InChI=1S/C16H19NO4/c1-16(2)8-12(9-5-3-4-6-13(9)21-16)17-14(18)10-7-11(10)15(19)20/h3-6,10-12H,7-8H2,1-2H3,(H,17,18)(H,19,20). The minimum Gasteiger partial charge on any atom is -0.487 e. The molecule has 1 heterocycles. The van der Waals surface area contributed by atoms with E-state index >= 15 is 0 Å². The molecule has 3 unspecified atom stereocenters. The second-order valence-electron chi connectivity index (χ2n) is 6.45. The molecule has 1 aromatic carbocycles. The van der Waals surface area contributed by atoms with Crippen LogP contribution >= 0.6 is 0 Å². The predicted octanol–water partition coefficient (Wildman–Crippen LogP) is 2.13.